The number of aromatic amines is 2. The van der Waals surface area contributed by atoms with Gasteiger partial charge in [0.25, 0.3) is 5.56 Å². The molecule has 1 saturated heterocycles. The first-order valence-electron chi connectivity index (χ1n) is 10.7. The van der Waals surface area contributed by atoms with Crippen molar-refractivity contribution in [2.75, 3.05) is 31.1 Å². The number of hydrogen-bond acceptors (Lipinski definition) is 6. The molecule has 0 saturated carbocycles. The summed E-state index contributed by atoms with van der Waals surface area (Å²) in [5.41, 5.74) is 4.43. The average molecular weight is 507 g/mol. The highest BCUT2D eigenvalue weighted by molar-refractivity contribution is 8.93. The van der Waals surface area contributed by atoms with Gasteiger partial charge in [-0.05, 0) is 43.3 Å². The van der Waals surface area contributed by atoms with Crippen molar-refractivity contribution >= 4 is 55.4 Å². The van der Waals surface area contributed by atoms with E-state index >= 15 is 0 Å². The number of phenolic OH excluding ortho intramolecular Hbond substituents is 1. The second kappa shape index (κ2) is 8.17. The molecule has 4 N–H and O–H groups in total. The molecule has 9 heteroatoms. The Balaban J connectivity index is 0.00000228. The van der Waals surface area contributed by atoms with Gasteiger partial charge in [-0.3, -0.25) is 9.89 Å². The zero-order valence-electron chi connectivity index (χ0n) is 18.0. The number of piperazine rings is 1. The summed E-state index contributed by atoms with van der Waals surface area (Å²) >= 11 is 0. The molecule has 4 heterocycles. The monoisotopic (exact) mass is 506 g/mol. The van der Waals surface area contributed by atoms with Gasteiger partial charge in [-0.25, -0.2) is 4.98 Å². The van der Waals surface area contributed by atoms with E-state index in [-0.39, 0.29) is 28.3 Å². The maximum absolute atomic E-state index is 13.4. The zero-order chi connectivity index (χ0) is 21.8. The Morgan fingerprint density at radius 2 is 1.76 bits per heavy atom. The quantitative estimate of drug-likeness (QED) is 0.272. The maximum Gasteiger partial charge on any atom is 0.258 e. The van der Waals surface area contributed by atoms with E-state index in [0.717, 1.165) is 64.8 Å². The van der Waals surface area contributed by atoms with Crippen molar-refractivity contribution in [2.24, 2.45) is 0 Å². The van der Waals surface area contributed by atoms with Crippen LogP contribution >= 0.6 is 17.0 Å². The lowest BCUT2D eigenvalue weighted by molar-refractivity contribution is 0.475. The number of nitrogens with one attached hydrogen (secondary N) is 3. The van der Waals surface area contributed by atoms with Crippen molar-refractivity contribution in [3.63, 3.8) is 0 Å². The van der Waals surface area contributed by atoms with E-state index in [4.69, 9.17) is 4.98 Å². The van der Waals surface area contributed by atoms with Crippen LogP contribution in [0.2, 0.25) is 0 Å². The molecule has 0 aliphatic carbocycles. The standard InChI is InChI=1S/C24H22N6O2.BrH/c1-13-19-20-17-7-4-15(30-10-8-25-9-11-30)12-18(17)26-24(32)21(20)22(27-23(19)29-28-13)14-2-5-16(31)6-3-14;/h2-7,12,25,31H,8-11H2,1H3,(H,26,32)(H,27,28,29);1H. The van der Waals surface area contributed by atoms with Crippen molar-refractivity contribution in [1.29, 1.82) is 0 Å². The Morgan fingerprint density at radius 3 is 2.52 bits per heavy atom. The Hall–Kier alpha value is -3.43. The Kier molecular flexibility index (Phi) is 5.30. The Bertz CT molecular complexity index is 1550. The predicted molar refractivity (Wildman–Crippen MR) is 137 cm³/mol. The van der Waals surface area contributed by atoms with Gasteiger partial charge in [0.2, 0.25) is 0 Å². The molecule has 1 aliphatic rings. The van der Waals surface area contributed by atoms with Crippen molar-refractivity contribution in [3.05, 3.63) is 58.5 Å². The van der Waals surface area contributed by atoms with E-state index < -0.39 is 0 Å². The second-order valence-electron chi connectivity index (χ2n) is 8.23. The summed E-state index contributed by atoms with van der Waals surface area (Å²) in [5.74, 6) is 0.162. The van der Waals surface area contributed by atoms with Crippen LogP contribution in [0.15, 0.2) is 47.3 Å². The van der Waals surface area contributed by atoms with Crippen molar-refractivity contribution in [2.45, 2.75) is 6.92 Å². The van der Waals surface area contributed by atoms with Gasteiger partial charge in [-0.2, -0.15) is 5.10 Å². The highest BCUT2D eigenvalue weighted by Gasteiger charge is 2.20. The first-order chi connectivity index (χ1) is 15.6. The van der Waals surface area contributed by atoms with E-state index in [1.54, 1.807) is 24.3 Å². The van der Waals surface area contributed by atoms with Gasteiger partial charge in [0, 0.05) is 53.9 Å². The van der Waals surface area contributed by atoms with E-state index in [1.807, 2.05) is 6.92 Å². The third-order valence-electron chi connectivity index (χ3n) is 6.25. The minimum Gasteiger partial charge on any atom is -0.508 e. The molecule has 5 aromatic rings. The number of H-pyrrole nitrogens is 2. The number of hydrogen-bond donors (Lipinski definition) is 4. The minimum atomic E-state index is -0.192. The fraction of sp³-hybridized carbons (Fsp3) is 0.208. The van der Waals surface area contributed by atoms with Crippen LogP contribution in [-0.4, -0.2) is 51.5 Å². The molecule has 1 fully saturated rings. The number of aryl methyl sites for hydroxylation is 1. The van der Waals surface area contributed by atoms with Gasteiger partial charge in [0.05, 0.1) is 22.0 Å². The summed E-state index contributed by atoms with van der Waals surface area (Å²) in [7, 11) is 0. The molecule has 8 nitrogen and oxygen atoms in total. The molecule has 0 amide bonds. The average Bonchev–Trinajstić information content (AvgIpc) is 3.19. The number of phenols is 1. The fourth-order valence-corrected chi connectivity index (χ4v) is 4.68. The van der Waals surface area contributed by atoms with E-state index in [2.05, 4.69) is 43.6 Å². The zero-order valence-corrected chi connectivity index (χ0v) is 19.7. The number of nitrogens with zero attached hydrogens (tertiary/aromatic N) is 3. The topological polar surface area (TPSA) is 110 Å². The third-order valence-corrected chi connectivity index (χ3v) is 6.25. The van der Waals surface area contributed by atoms with E-state index in [9.17, 15) is 9.90 Å². The molecule has 3 aromatic heterocycles. The van der Waals surface area contributed by atoms with Gasteiger partial charge in [0.1, 0.15) is 5.75 Å². The normalized spacial score (nSPS) is 14.2. The molecule has 0 unspecified atom stereocenters. The number of pyridine rings is 2. The number of rotatable bonds is 2. The Labute approximate surface area is 199 Å². The maximum atomic E-state index is 13.4. The summed E-state index contributed by atoms with van der Waals surface area (Å²) in [6.07, 6.45) is 0. The number of anilines is 1. The number of benzene rings is 2. The minimum absolute atomic E-state index is 0. The molecule has 2 aromatic carbocycles. The molecule has 168 valence electrons. The Morgan fingerprint density at radius 1 is 1.00 bits per heavy atom. The van der Waals surface area contributed by atoms with Crippen molar-refractivity contribution in [3.8, 4) is 17.0 Å². The summed E-state index contributed by atoms with van der Waals surface area (Å²) in [6, 6.07) is 13.0. The molecular weight excluding hydrogens is 484 g/mol. The van der Waals surface area contributed by atoms with Crippen LogP contribution in [0.3, 0.4) is 0 Å². The largest absolute Gasteiger partial charge is 0.508 e. The molecule has 33 heavy (non-hydrogen) atoms. The smallest absolute Gasteiger partial charge is 0.258 e. The van der Waals surface area contributed by atoms with Gasteiger partial charge >= 0.3 is 0 Å². The first-order valence-corrected chi connectivity index (χ1v) is 10.7. The highest BCUT2D eigenvalue weighted by atomic mass is 79.9. The number of halogens is 1. The summed E-state index contributed by atoms with van der Waals surface area (Å²) in [4.78, 5) is 23.6. The summed E-state index contributed by atoms with van der Waals surface area (Å²) in [6.45, 7) is 5.71. The van der Waals surface area contributed by atoms with Crippen LogP contribution in [-0.2, 0) is 0 Å². The predicted octanol–water partition coefficient (Wildman–Crippen LogP) is 3.62. The molecule has 0 radical (unpaired) electrons. The van der Waals surface area contributed by atoms with Crippen molar-refractivity contribution < 1.29 is 5.11 Å². The van der Waals surface area contributed by atoms with Crippen LogP contribution in [0.5, 0.6) is 5.75 Å². The molecule has 0 bridgehead atoms. The summed E-state index contributed by atoms with van der Waals surface area (Å²) < 4.78 is 0. The van der Waals surface area contributed by atoms with Gasteiger partial charge in [0.15, 0.2) is 5.65 Å². The van der Waals surface area contributed by atoms with Crippen LogP contribution in [0, 0.1) is 6.92 Å². The molecule has 0 atom stereocenters. The lowest BCUT2D eigenvalue weighted by atomic mass is 9.98. The fourth-order valence-electron chi connectivity index (χ4n) is 4.68. The SMILES string of the molecule is Br.Cc1[nH]nc2nc(-c3ccc(O)cc3)c3c(=O)[nH]c4cc(N5CCNCC5)ccc4c3c12. The van der Waals surface area contributed by atoms with Crippen LogP contribution in [0.25, 0.3) is 44.0 Å². The van der Waals surface area contributed by atoms with Crippen LogP contribution < -0.4 is 15.8 Å². The molecule has 6 rings (SSSR count). The van der Waals surface area contributed by atoms with E-state index in [1.165, 1.54) is 0 Å². The number of aromatic hydroxyl groups is 1. The van der Waals surface area contributed by atoms with E-state index in [0.29, 0.717) is 16.7 Å². The van der Waals surface area contributed by atoms with Crippen LogP contribution in [0.4, 0.5) is 5.69 Å². The summed E-state index contributed by atoms with van der Waals surface area (Å²) in [5, 5.41) is 23.7. The van der Waals surface area contributed by atoms with Gasteiger partial charge < -0.3 is 20.3 Å². The number of aromatic nitrogens is 4. The molecule has 1 aliphatic heterocycles. The lowest BCUT2D eigenvalue weighted by Gasteiger charge is -2.29. The van der Waals surface area contributed by atoms with Crippen LogP contribution in [0.1, 0.15) is 5.69 Å². The first kappa shape index (κ1) is 21.4. The number of fused-ring (bicyclic) bond motifs is 5. The second-order valence-corrected chi connectivity index (χ2v) is 8.23. The van der Waals surface area contributed by atoms with Gasteiger partial charge in [-0.1, -0.05) is 6.07 Å². The highest BCUT2D eigenvalue weighted by Crippen LogP contribution is 2.36. The van der Waals surface area contributed by atoms with Crippen molar-refractivity contribution in [1.82, 2.24) is 25.5 Å². The lowest BCUT2D eigenvalue weighted by Crippen LogP contribution is -2.43. The molecule has 0 spiro atoms. The van der Waals surface area contributed by atoms with Gasteiger partial charge in [-0.15, -0.1) is 17.0 Å². The molecular formula is C24H23BrN6O2. The third kappa shape index (κ3) is 3.44.